The minimum absolute atomic E-state index is 0. The first kappa shape index (κ1) is 34.6. The first-order valence-corrected chi connectivity index (χ1v) is 15.1. The average Bonchev–Trinajstić information content (AvgIpc) is 3.35. The number of carboxylic acids is 1. The van der Waals surface area contributed by atoms with Crippen LogP contribution >= 0.6 is 0 Å². The van der Waals surface area contributed by atoms with Crippen molar-refractivity contribution in [1.82, 2.24) is 9.47 Å². The fourth-order valence-electron chi connectivity index (χ4n) is 6.31. The van der Waals surface area contributed by atoms with E-state index in [0.29, 0.717) is 25.2 Å². The molecule has 1 aromatic heterocycles. The van der Waals surface area contributed by atoms with Gasteiger partial charge in [0.25, 0.3) is 5.91 Å². The summed E-state index contributed by atoms with van der Waals surface area (Å²) in [6.07, 6.45) is -1.60. The summed E-state index contributed by atoms with van der Waals surface area (Å²) in [4.78, 5) is 27.5. The van der Waals surface area contributed by atoms with Crippen LogP contribution in [0.25, 0.3) is 22.3 Å². The Bertz CT molecular complexity index is 1620. The van der Waals surface area contributed by atoms with Gasteiger partial charge in [0, 0.05) is 48.3 Å². The molecule has 0 bridgehead atoms. The number of aliphatic carboxylic acids is 1. The fraction of sp³-hybridized carbons (Fsp3) is 0.333. The van der Waals surface area contributed by atoms with Gasteiger partial charge in [-0.1, -0.05) is 66.7 Å². The number of halogens is 1. The van der Waals surface area contributed by atoms with Crippen LogP contribution in [0.15, 0.2) is 78.9 Å². The molecule has 230 valence electrons. The summed E-state index contributed by atoms with van der Waals surface area (Å²) in [6, 6.07) is 23.9. The van der Waals surface area contributed by atoms with Gasteiger partial charge in [0.1, 0.15) is 11.5 Å². The van der Waals surface area contributed by atoms with Gasteiger partial charge in [-0.3, -0.25) is 4.79 Å². The summed E-state index contributed by atoms with van der Waals surface area (Å²) in [5, 5.41) is 31.8. The molecule has 2 heterocycles. The van der Waals surface area contributed by atoms with E-state index in [1.807, 2.05) is 65.8 Å². The van der Waals surface area contributed by atoms with E-state index in [0.717, 1.165) is 39.9 Å². The number of hydrogen-bond donors (Lipinski definition) is 2. The van der Waals surface area contributed by atoms with Gasteiger partial charge in [0.05, 0.1) is 12.2 Å². The van der Waals surface area contributed by atoms with E-state index in [9.17, 15) is 29.3 Å². The van der Waals surface area contributed by atoms with Gasteiger partial charge in [-0.15, -0.1) is 0 Å². The van der Waals surface area contributed by atoms with Crippen LogP contribution in [0.5, 0.6) is 0 Å². The molecule has 2 N–H and O–H groups in total. The van der Waals surface area contributed by atoms with Crippen molar-refractivity contribution in [2.45, 2.75) is 70.7 Å². The maximum atomic E-state index is 14.7. The Morgan fingerprint density at radius 1 is 0.867 bits per heavy atom. The Morgan fingerprint density at radius 3 is 2.13 bits per heavy atom. The molecule has 0 radical (unpaired) electrons. The first-order chi connectivity index (χ1) is 21.1. The van der Waals surface area contributed by atoms with Crippen molar-refractivity contribution in [2.24, 2.45) is 0 Å². The van der Waals surface area contributed by atoms with Gasteiger partial charge in [0.2, 0.25) is 0 Å². The zero-order valence-electron chi connectivity index (χ0n) is 26.1. The third kappa shape index (κ3) is 7.94. The SMILES string of the molecule is CC(C)n1c(CC[C@@H](O)C[C@@H](O)CC(=O)[O-])c(-c2ccc(F)cc2)c(-c2ccccc2)c1C(=O)N1CCc2ccccc2C1.[Na+]. The van der Waals surface area contributed by atoms with E-state index >= 15 is 0 Å². The summed E-state index contributed by atoms with van der Waals surface area (Å²) in [5.41, 5.74) is 6.81. The minimum atomic E-state index is -1.38. The number of hydrogen-bond acceptors (Lipinski definition) is 5. The zero-order chi connectivity index (χ0) is 31.4. The van der Waals surface area contributed by atoms with Gasteiger partial charge in [-0.2, -0.15) is 0 Å². The molecule has 0 unspecified atom stereocenters. The molecule has 9 heteroatoms. The summed E-state index contributed by atoms with van der Waals surface area (Å²) >= 11 is 0. The van der Waals surface area contributed by atoms with Crippen LogP contribution in [0, 0.1) is 5.82 Å². The molecule has 3 aromatic carbocycles. The molecule has 4 aromatic rings. The molecule has 0 fully saturated rings. The number of benzene rings is 3. The Labute approximate surface area is 285 Å². The van der Waals surface area contributed by atoms with Gasteiger partial charge >= 0.3 is 29.6 Å². The van der Waals surface area contributed by atoms with Crippen molar-refractivity contribution in [3.8, 4) is 22.3 Å². The summed E-state index contributed by atoms with van der Waals surface area (Å²) < 4.78 is 16.2. The maximum Gasteiger partial charge on any atom is 1.00 e. The van der Waals surface area contributed by atoms with Gasteiger partial charge in [-0.25, -0.2) is 4.39 Å². The molecule has 1 aliphatic heterocycles. The first-order valence-electron chi connectivity index (χ1n) is 15.1. The van der Waals surface area contributed by atoms with Crippen LogP contribution < -0.4 is 34.7 Å². The second-order valence-electron chi connectivity index (χ2n) is 11.8. The summed E-state index contributed by atoms with van der Waals surface area (Å²) in [5.74, 6) is -1.86. The number of carboxylic acid groups (broad SMARTS) is 1. The molecular formula is C36H38FN2NaO5. The average molecular weight is 621 g/mol. The second-order valence-corrected chi connectivity index (χ2v) is 11.8. The van der Waals surface area contributed by atoms with Crippen LogP contribution in [0.4, 0.5) is 4.39 Å². The van der Waals surface area contributed by atoms with Crippen LogP contribution in [0.3, 0.4) is 0 Å². The smallest absolute Gasteiger partial charge is 0.550 e. The molecule has 1 aliphatic rings. The third-order valence-corrected chi connectivity index (χ3v) is 8.30. The van der Waals surface area contributed by atoms with E-state index in [-0.39, 0.29) is 60.2 Å². The quantitative estimate of drug-likeness (QED) is 0.250. The van der Waals surface area contributed by atoms with Crippen molar-refractivity contribution < 1.29 is 58.9 Å². The Balaban J connectivity index is 0.00000461. The number of carbonyl (C=O) groups is 2. The van der Waals surface area contributed by atoms with Crippen molar-refractivity contribution in [2.75, 3.05) is 6.54 Å². The summed E-state index contributed by atoms with van der Waals surface area (Å²) in [6.45, 7) is 5.08. The van der Waals surface area contributed by atoms with Gasteiger partial charge < -0.3 is 29.6 Å². The predicted octanol–water partition coefficient (Wildman–Crippen LogP) is 1.93. The topological polar surface area (TPSA) is 106 Å². The van der Waals surface area contributed by atoms with E-state index in [4.69, 9.17) is 0 Å². The van der Waals surface area contributed by atoms with Crippen molar-refractivity contribution in [3.63, 3.8) is 0 Å². The van der Waals surface area contributed by atoms with E-state index in [2.05, 4.69) is 12.1 Å². The van der Waals surface area contributed by atoms with Crippen LogP contribution in [0.1, 0.15) is 66.5 Å². The van der Waals surface area contributed by atoms with Gasteiger partial charge in [-0.05, 0) is 73.9 Å². The normalized spacial score (nSPS) is 14.0. The molecule has 7 nitrogen and oxygen atoms in total. The van der Waals surface area contributed by atoms with Crippen LogP contribution in [-0.2, 0) is 24.2 Å². The van der Waals surface area contributed by atoms with E-state index in [1.54, 1.807) is 12.1 Å². The zero-order valence-corrected chi connectivity index (χ0v) is 28.1. The second kappa shape index (κ2) is 15.3. The molecule has 1 amide bonds. The number of rotatable bonds is 11. The van der Waals surface area contributed by atoms with Crippen molar-refractivity contribution in [1.29, 1.82) is 0 Å². The Morgan fingerprint density at radius 2 is 1.49 bits per heavy atom. The molecule has 45 heavy (non-hydrogen) atoms. The number of aliphatic hydroxyl groups is 2. The number of amides is 1. The largest absolute Gasteiger partial charge is 1.00 e. The van der Waals surface area contributed by atoms with Crippen molar-refractivity contribution >= 4 is 11.9 Å². The molecular weight excluding hydrogens is 582 g/mol. The number of aliphatic hydroxyl groups excluding tert-OH is 2. The molecule has 5 rings (SSSR count). The van der Waals surface area contributed by atoms with Crippen LogP contribution in [0.2, 0.25) is 0 Å². The number of carbonyl (C=O) groups excluding carboxylic acids is 2. The summed E-state index contributed by atoms with van der Waals surface area (Å²) in [7, 11) is 0. The fourth-order valence-corrected chi connectivity index (χ4v) is 6.31. The molecule has 0 aliphatic carbocycles. The predicted molar refractivity (Wildman–Crippen MR) is 165 cm³/mol. The monoisotopic (exact) mass is 620 g/mol. The van der Waals surface area contributed by atoms with Gasteiger partial charge in [0.15, 0.2) is 0 Å². The van der Waals surface area contributed by atoms with E-state index < -0.39 is 24.6 Å². The number of aromatic nitrogens is 1. The molecule has 0 saturated heterocycles. The molecule has 2 atom stereocenters. The maximum absolute atomic E-state index is 14.7. The molecule has 0 spiro atoms. The van der Waals surface area contributed by atoms with Crippen molar-refractivity contribution in [3.05, 3.63) is 107 Å². The number of nitrogens with zero attached hydrogens (tertiary/aromatic N) is 2. The third-order valence-electron chi connectivity index (χ3n) is 8.30. The van der Waals surface area contributed by atoms with E-state index in [1.165, 1.54) is 17.7 Å². The molecule has 0 saturated carbocycles. The minimum Gasteiger partial charge on any atom is -0.550 e. The standard InChI is InChI=1S/C36H39FN2O5.Na/c1-23(2)39-31(17-16-29(40)20-30(41)21-32(42)43)33(26-12-14-28(37)15-13-26)34(25-9-4-3-5-10-25)35(39)36(44)38-19-18-24-8-6-7-11-27(24)22-38;/h3-15,23,29-30,40-41H,16-22H2,1-2H3,(H,42,43);/q;+1/p-1/t29-,30-;/m1./s1. The van der Waals surface area contributed by atoms with Crippen LogP contribution in [-0.4, -0.2) is 50.3 Å². The Hall–Kier alpha value is -3.27. The Kier molecular flexibility index (Phi) is 11.8. The number of fused-ring (bicyclic) bond motifs is 1.